The molecule has 2 N–H and O–H groups in total. The van der Waals surface area contributed by atoms with Crippen LogP contribution in [0, 0.1) is 16.7 Å². The highest BCUT2D eigenvalue weighted by molar-refractivity contribution is 5.11. The Labute approximate surface area is 111 Å². The van der Waals surface area contributed by atoms with Crippen molar-refractivity contribution < 1.29 is 9.84 Å². The minimum Gasteiger partial charge on any atom is -0.396 e. The number of fused-ring (bicyclic) bond motifs is 1. The molecule has 3 heteroatoms. The second kappa shape index (κ2) is 5.10. The molecule has 0 radical (unpaired) electrons. The zero-order valence-electron chi connectivity index (χ0n) is 12.3. The molecule has 0 aromatic heterocycles. The van der Waals surface area contributed by atoms with Crippen molar-refractivity contribution in [2.45, 2.75) is 59.1 Å². The van der Waals surface area contributed by atoms with Crippen LogP contribution in [0.4, 0.5) is 0 Å². The van der Waals surface area contributed by atoms with Gasteiger partial charge in [-0.3, -0.25) is 0 Å². The van der Waals surface area contributed by atoms with E-state index in [1.165, 1.54) is 6.42 Å². The van der Waals surface area contributed by atoms with Crippen LogP contribution in [0.15, 0.2) is 0 Å². The second-order valence-corrected chi connectivity index (χ2v) is 6.79. The average molecular weight is 255 g/mol. The first kappa shape index (κ1) is 14.3. The first-order valence-electron chi connectivity index (χ1n) is 7.46. The average Bonchev–Trinajstić information content (AvgIpc) is 2.82. The van der Waals surface area contributed by atoms with Gasteiger partial charge in [-0.05, 0) is 19.3 Å². The van der Waals surface area contributed by atoms with Gasteiger partial charge in [0.2, 0.25) is 0 Å². The van der Waals surface area contributed by atoms with E-state index in [0.717, 1.165) is 26.0 Å². The van der Waals surface area contributed by atoms with Crippen LogP contribution < -0.4 is 5.32 Å². The predicted molar refractivity (Wildman–Crippen MR) is 73.5 cm³/mol. The lowest BCUT2D eigenvalue weighted by atomic mass is 9.57. The van der Waals surface area contributed by atoms with Crippen molar-refractivity contribution in [2.24, 2.45) is 16.7 Å². The van der Waals surface area contributed by atoms with Crippen LogP contribution >= 0.6 is 0 Å². The van der Waals surface area contributed by atoms with Crippen molar-refractivity contribution in [3.05, 3.63) is 0 Å². The molecule has 1 aliphatic heterocycles. The maximum Gasteiger partial charge on any atom is 0.0685 e. The summed E-state index contributed by atoms with van der Waals surface area (Å²) in [7, 11) is 0. The Kier molecular flexibility index (Phi) is 4.05. The minimum atomic E-state index is 0.0562. The van der Waals surface area contributed by atoms with E-state index >= 15 is 0 Å². The summed E-state index contributed by atoms with van der Waals surface area (Å²) in [6.45, 7) is 11.1. The van der Waals surface area contributed by atoms with E-state index in [4.69, 9.17) is 4.74 Å². The zero-order valence-corrected chi connectivity index (χ0v) is 12.3. The van der Waals surface area contributed by atoms with E-state index in [2.05, 4.69) is 33.0 Å². The summed E-state index contributed by atoms with van der Waals surface area (Å²) in [5, 5.41) is 13.4. The number of aliphatic hydroxyl groups excluding tert-OH is 1. The number of nitrogens with one attached hydrogen (secondary N) is 1. The van der Waals surface area contributed by atoms with Crippen molar-refractivity contribution in [1.29, 1.82) is 0 Å². The van der Waals surface area contributed by atoms with Crippen molar-refractivity contribution in [3.8, 4) is 0 Å². The Balaban J connectivity index is 1.94. The SMILES string of the molecule is CCC(CC)(CO)CNC1C2CCOC2C1(C)C. The monoisotopic (exact) mass is 255 g/mol. The van der Waals surface area contributed by atoms with Gasteiger partial charge in [-0.15, -0.1) is 0 Å². The van der Waals surface area contributed by atoms with Gasteiger partial charge < -0.3 is 15.2 Å². The van der Waals surface area contributed by atoms with Gasteiger partial charge in [-0.25, -0.2) is 0 Å². The topological polar surface area (TPSA) is 41.5 Å². The standard InChI is InChI=1S/C15H29NO2/c1-5-15(6-2,10-17)9-16-12-11-7-8-18-13(11)14(12,3)4/h11-13,16-17H,5-10H2,1-4H3. The summed E-state index contributed by atoms with van der Waals surface area (Å²) in [4.78, 5) is 0. The summed E-state index contributed by atoms with van der Waals surface area (Å²) >= 11 is 0. The van der Waals surface area contributed by atoms with E-state index in [1.54, 1.807) is 0 Å². The molecule has 2 fully saturated rings. The molecule has 1 heterocycles. The summed E-state index contributed by atoms with van der Waals surface area (Å²) in [5.74, 6) is 0.685. The molecule has 3 unspecified atom stereocenters. The molecule has 0 aromatic rings. The maximum absolute atomic E-state index is 9.63. The normalized spacial score (nSPS) is 34.2. The Hall–Kier alpha value is -0.120. The Morgan fingerprint density at radius 2 is 2.00 bits per heavy atom. The lowest BCUT2D eigenvalue weighted by Gasteiger charge is -2.55. The van der Waals surface area contributed by atoms with Gasteiger partial charge in [0.25, 0.3) is 0 Å². The fourth-order valence-electron chi connectivity index (χ4n) is 3.84. The van der Waals surface area contributed by atoms with E-state index in [9.17, 15) is 5.11 Å². The highest BCUT2D eigenvalue weighted by Gasteiger charge is 2.59. The predicted octanol–water partition coefficient (Wildman–Crippen LogP) is 2.19. The summed E-state index contributed by atoms with van der Waals surface area (Å²) in [5.41, 5.74) is 0.296. The molecule has 1 saturated carbocycles. The largest absolute Gasteiger partial charge is 0.396 e. The quantitative estimate of drug-likeness (QED) is 0.764. The van der Waals surface area contributed by atoms with E-state index in [1.807, 2.05) is 0 Å². The van der Waals surface area contributed by atoms with Crippen LogP contribution in [0.5, 0.6) is 0 Å². The maximum atomic E-state index is 9.63. The fourth-order valence-corrected chi connectivity index (χ4v) is 3.84. The molecule has 2 aliphatic rings. The molecule has 0 aromatic carbocycles. The second-order valence-electron chi connectivity index (χ2n) is 6.79. The number of hydrogen-bond acceptors (Lipinski definition) is 3. The van der Waals surface area contributed by atoms with E-state index in [-0.39, 0.29) is 17.4 Å². The first-order chi connectivity index (χ1) is 8.50. The molecule has 3 atom stereocenters. The molecular weight excluding hydrogens is 226 g/mol. The fraction of sp³-hybridized carbons (Fsp3) is 1.00. The van der Waals surface area contributed by atoms with Crippen LogP contribution in [0.3, 0.4) is 0 Å². The Morgan fingerprint density at radius 3 is 2.56 bits per heavy atom. The number of hydrogen-bond donors (Lipinski definition) is 2. The van der Waals surface area contributed by atoms with Gasteiger partial charge in [-0.1, -0.05) is 27.7 Å². The van der Waals surface area contributed by atoms with Crippen molar-refractivity contribution in [3.63, 3.8) is 0 Å². The molecule has 18 heavy (non-hydrogen) atoms. The Bertz CT molecular complexity index is 278. The number of aliphatic hydroxyl groups is 1. The van der Waals surface area contributed by atoms with Gasteiger partial charge in [0.15, 0.2) is 0 Å². The lowest BCUT2D eigenvalue weighted by Crippen LogP contribution is -2.66. The molecular formula is C15H29NO2. The van der Waals surface area contributed by atoms with Crippen molar-refractivity contribution >= 4 is 0 Å². The minimum absolute atomic E-state index is 0.0562. The van der Waals surface area contributed by atoms with Gasteiger partial charge in [0.1, 0.15) is 0 Å². The van der Waals surface area contributed by atoms with E-state index in [0.29, 0.717) is 18.1 Å². The molecule has 0 amide bonds. The van der Waals surface area contributed by atoms with Crippen molar-refractivity contribution in [1.82, 2.24) is 5.32 Å². The highest BCUT2D eigenvalue weighted by Crippen LogP contribution is 2.52. The molecule has 1 saturated heterocycles. The Morgan fingerprint density at radius 1 is 1.33 bits per heavy atom. The summed E-state index contributed by atoms with van der Waals surface area (Å²) in [6, 6.07) is 0.550. The van der Waals surface area contributed by atoms with Crippen LogP contribution in [-0.2, 0) is 4.74 Å². The molecule has 106 valence electrons. The lowest BCUT2D eigenvalue weighted by molar-refractivity contribution is -0.115. The van der Waals surface area contributed by atoms with Crippen LogP contribution in [-0.4, -0.2) is 37.0 Å². The molecule has 3 nitrogen and oxygen atoms in total. The van der Waals surface area contributed by atoms with Crippen LogP contribution in [0.1, 0.15) is 47.0 Å². The molecule has 2 rings (SSSR count). The molecule has 0 bridgehead atoms. The summed E-state index contributed by atoms with van der Waals surface area (Å²) < 4.78 is 5.82. The smallest absolute Gasteiger partial charge is 0.0685 e. The highest BCUT2D eigenvalue weighted by atomic mass is 16.5. The van der Waals surface area contributed by atoms with Gasteiger partial charge in [-0.2, -0.15) is 0 Å². The summed E-state index contributed by atoms with van der Waals surface area (Å²) in [6.07, 6.45) is 3.70. The molecule has 1 aliphatic carbocycles. The van der Waals surface area contributed by atoms with Gasteiger partial charge >= 0.3 is 0 Å². The third kappa shape index (κ3) is 2.10. The third-order valence-corrected chi connectivity index (χ3v) is 5.63. The molecule has 0 spiro atoms. The number of ether oxygens (including phenoxy) is 1. The van der Waals surface area contributed by atoms with Crippen molar-refractivity contribution in [2.75, 3.05) is 19.8 Å². The van der Waals surface area contributed by atoms with E-state index < -0.39 is 0 Å². The van der Waals surface area contributed by atoms with Gasteiger partial charge in [0.05, 0.1) is 6.10 Å². The third-order valence-electron chi connectivity index (χ3n) is 5.63. The first-order valence-corrected chi connectivity index (χ1v) is 7.46. The van der Waals surface area contributed by atoms with Crippen LogP contribution in [0.25, 0.3) is 0 Å². The van der Waals surface area contributed by atoms with Crippen LogP contribution in [0.2, 0.25) is 0 Å². The van der Waals surface area contributed by atoms with Gasteiger partial charge in [0, 0.05) is 42.5 Å². The zero-order chi connectivity index (χ0) is 13.4. The number of rotatable bonds is 6.